The van der Waals surface area contributed by atoms with Crippen molar-refractivity contribution in [1.29, 1.82) is 0 Å². The van der Waals surface area contributed by atoms with Gasteiger partial charge in [0.05, 0.1) is 6.04 Å². The second-order valence-corrected chi connectivity index (χ2v) is 6.68. The van der Waals surface area contributed by atoms with E-state index in [4.69, 9.17) is 5.73 Å². The van der Waals surface area contributed by atoms with Crippen LogP contribution < -0.4 is 11.1 Å². The maximum Gasteiger partial charge on any atom is 0.253 e. The molecule has 0 spiro atoms. The van der Waals surface area contributed by atoms with Crippen molar-refractivity contribution in [2.45, 2.75) is 52.1 Å². The SMILES string of the molecule is CCC(C)C(N)C(=O)NCc1ccc(C(=O)N2CCCCC2)cc1. The maximum absolute atomic E-state index is 12.4. The fourth-order valence-corrected chi connectivity index (χ4v) is 2.86. The molecule has 1 heterocycles. The van der Waals surface area contributed by atoms with Gasteiger partial charge in [0.1, 0.15) is 0 Å². The van der Waals surface area contributed by atoms with E-state index < -0.39 is 6.04 Å². The number of benzene rings is 1. The van der Waals surface area contributed by atoms with Gasteiger partial charge in [-0.05, 0) is 42.9 Å². The molecular weight excluding hydrogens is 302 g/mol. The van der Waals surface area contributed by atoms with Crippen LogP contribution in [0.2, 0.25) is 0 Å². The molecule has 1 saturated heterocycles. The van der Waals surface area contributed by atoms with E-state index in [9.17, 15) is 9.59 Å². The van der Waals surface area contributed by atoms with Crippen LogP contribution in [-0.2, 0) is 11.3 Å². The number of nitrogens with one attached hydrogen (secondary N) is 1. The minimum absolute atomic E-state index is 0.101. The van der Waals surface area contributed by atoms with Crippen molar-refractivity contribution in [3.8, 4) is 0 Å². The summed E-state index contributed by atoms with van der Waals surface area (Å²) in [5, 5.41) is 2.87. The number of hydrogen-bond acceptors (Lipinski definition) is 3. The van der Waals surface area contributed by atoms with Crippen LogP contribution in [0.3, 0.4) is 0 Å². The molecule has 132 valence electrons. The van der Waals surface area contributed by atoms with Crippen molar-refractivity contribution >= 4 is 11.8 Å². The number of carbonyl (C=O) groups excluding carboxylic acids is 2. The third kappa shape index (κ3) is 4.81. The van der Waals surface area contributed by atoms with Gasteiger partial charge in [0, 0.05) is 25.2 Å². The zero-order chi connectivity index (χ0) is 17.5. The molecule has 2 amide bonds. The van der Waals surface area contributed by atoms with Gasteiger partial charge in [0.25, 0.3) is 5.91 Å². The molecular formula is C19H29N3O2. The van der Waals surface area contributed by atoms with Crippen molar-refractivity contribution in [2.24, 2.45) is 11.7 Å². The van der Waals surface area contributed by atoms with Gasteiger partial charge in [-0.2, -0.15) is 0 Å². The van der Waals surface area contributed by atoms with Crippen LogP contribution in [0.15, 0.2) is 24.3 Å². The number of carbonyl (C=O) groups is 2. The monoisotopic (exact) mass is 331 g/mol. The van der Waals surface area contributed by atoms with Crippen molar-refractivity contribution in [2.75, 3.05) is 13.1 Å². The van der Waals surface area contributed by atoms with Crippen LogP contribution in [0.5, 0.6) is 0 Å². The summed E-state index contributed by atoms with van der Waals surface area (Å²) in [5.41, 5.74) is 7.60. The van der Waals surface area contributed by atoms with Gasteiger partial charge in [-0.1, -0.05) is 32.4 Å². The Morgan fingerprint density at radius 1 is 1.17 bits per heavy atom. The van der Waals surface area contributed by atoms with E-state index in [1.807, 2.05) is 43.0 Å². The Kier molecular flexibility index (Phi) is 6.79. The zero-order valence-corrected chi connectivity index (χ0v) is 14.8. The number of rotatable bonds is 6. The first kappa shape index (κ1) is 18.5. The zero-order valence-electron chi connectivity index (χ0n) is 14.8. The van der Waals surface area contributed by atoms with Crippen molar-refractivity contribution in [1.82, 2.24) is 10.2 Å². The smallest absolute Gasteiger partial charge is 0.253 e. The molecule has 0 radical (unpaired) electrons. The lowest BCUT2D eigenvalue weighted by molar-refractivity contribution is -0.123. The molecule has 2 atom stereocenters. The van der Waals surface area contributed by atoms with Crippen molar-refractivity contribution in [3.63, 3.8) is 0 Å². The van der Waals surface area contributed by atoms with Crippen LogP contribution in [0.25, 0.3) is 0 Å². The van der Waals surface area contributed by atoms with Crippen LogP contribution in [0.4, 0.5) is 0 Å². The Labute approximate surface area is 144 Å². The van der Waals surface area contributed by atoms with Crippen LogP contribution in [0.1, 0.15) is 55.5 Å². The van der Waals surface area contributed by atoms with Gasteiger partial charge in [0.2, 0.25) is 5.91 Å². The van der Waals surface area contributed by atoms with E-state index in [0.29, 0.717) is 12.1 Å². The number of nitrogens with zero attached hydrogens (tertiary/aromatic N) is 1. The fourth-order valence-electron chi connectivity index (χ4n) is 2.86. The molecule has 5 nitrogen and oxygen atoms in total. The Bertz CT molecular complexity index is 550. The molecule has 0 bridgehead atoms. The predicted molar refractivity (Wildman–Crippen MR) is 95.5 cm³/mol. The molecule has 2 rings (SSSR count). The summed E-state index contributed by atoms with van der Waals surface area (Å²) in [6, 6.07) is 6.99. The number of amides is 2. The minimum Gasteiger partial charge on any atom is -0.351 e. The minimum atomic E-state index is -0.477. The number of hydrogen-bond donors (Lipinski definition) is 2. The summed E-state index contributed by atoms with van der Waals surface area (Å²) in [5.74, 6) is 0.136. The summed E-state index contributed by atoms with van der Waals surface area (Å²) in [4.78, 5) is 26.3. The van der Waals surface area contributed by atoms with E-state index in [0.717, 1.165) is 37.9 Å². The van der Waals surface area contributed by atoms with Gasteiger partial charge in [-0.15, -0.1) is 0 Å². The lowest BCUT2D eigenvalue weighted by Gasteiger charge is -2.26. The second kappa shape index (κ2) is 8.83. The number of piperidine rings is 1. The molecule has 1 aromatic carbocycles. The normalized spacial score (nSPS) is 17.2. The molecule has 5 heteroatoms. The van der Waals surface area contributed by atoms with Crippen LogP contribution >= 0.6 is 0 Å². The summed E-state index contributed by atoms with van der Waals surface area (Å²) in [6.45, 7) is 6.14. The van der Waals surface area contributed by atoms with E-state index >= 15 is 0 Å². The quantitative estimate of drug-likeness (QED) is 0.840. The first-order valence-electron chi connectivity index (χ1n) is 8.94. The first-order chi connectivity index (χ1) is 11.5. The third-order valence-corrected chi connectivity index (χ3v) is 4.87. The highest BCUT2D eigenvalue weighted by atomic mass is 16.2. The molecule has 3 N–H and O–H groups in total. The average molecular weight is 331 g/mol. The molecule has 1 aliphatic heterocycles. The molecule has 0 saturated carbocycles. The fraction of sp³-hybridized carbons (Fsp3) is 0.579. The van der Waals surface area contributed by atoms with E-state index in [1.165, 1.54) is 6.42 Å². The molecule has 1 aliphatic rings. The molecule has 1 fully saturated rings. The topological polar surface area (TPSA) is 75.4 Å². The number of likely N-dealkylation sites (tertiary alicyclic amines) is 1. The summed E-state index contributed by atoms with van der Waals surface area (Å²) >= 11 is 0. The van der Waals surface area contributed by atoms with E-state index in [2.05, 4.69) is 5.32 Å². The van der Waals surface area contributed by atoms with Gasteiger partial charge in [-0.3, -0.25) is 9.59 Å². The predicted octanol–water partition coefficient (Wildman–Crippen LogP) is 2.30. The van der Waals surface area contributed by atoms with Crippen molar-refractivity contribution in [3.05, 3.63) is 35.4 Å². The summed E-state index contributed by atoms with van der Waals surface area (Å²) < 4.78 is 0. The molecule has 0 aromatic heterocycles. The average Bonchev–Trinajstić information content (AvgIpc) is 2.65. The maximum atomic E-state index is 12.4. The van der Waals surface area contributed by atoms with Gasteiger partial charge < -0.3 is 16.0 Å². The lowest BCUT2D eigenvalue weighted by atomic mass is 9.99. The third-order valence-electron chi connectivity index (χ3n) is 4.87. The molecule has 1 aromatic rings. The second-order valence-electron chi connectivity index (χ2n) is 6.68. The van der Waals surface area contributed by atoms with Crippen LogP contribution in [-0.4, -0.2) is 35.8 Å². The Balaban J connectivity index is 1.87. The first-order valence-corrected chi connectivity index (χ1v) is 8.94. The van der Waals surface area contributed by atoms with Crippen molar-refractivity contribution < 1.29 is 9.59 Å². The van der Waals surface area contributed by atoms with E-state index in [1.54, 1.807) is 0 Å². The Morgan fingerprint density at radius 2 is 1.79 bits per heavy atom. The molecule has 2 unspecified atom stereocenters. The standard InChI is InChI=1S/C19H29N3O2/c1-3-14(2)17(20)18(23)21-13-15-7-9-16(10-8-15)19(24)22-11-5-4-6-12-22/h7-10,14,17H,3-6,11-13,20H2,1-2H3,(H,21,23). The highest BCUT2D eigenvalue weighted by Crippen LogP contribution is 2.14. The van der Waals surface area contributed by atoms with Gasteiger partial charge in [-0.25, -0.2) is 0 Å². The highest BCUT2D eigenvalue weighted by molar-refractivity contribution is 5.94. The summed E-state index contributed by atoms with van der Waals surface area (Å²) in [6.07, 6.45) is 4.27. The Morgan fingerprint density at radius 3 is 2.38 bits per heavy atom. The lowest BCUT2D eigenvalue weighted by Crippen LogP contribution is -2.44. The Hall–Kier alpha value is -1.88. The highest BCUT2D eigenvalue weighted by Gasteiger charge is 2.19. The molecule has 24 heavy (non-hydrogen) atoms. The van der Waals surface area contributed by atoms with Crippen LogP contribution in [0, 0.1) is 5.92 Å². The summed E-state index contributed by atoms with van der Waals surface area (Å²) in [7, 11) is 0. The largest absolute Gasteiger partial charge is 0.351 e. The van der Waals surface area contributed by atoms with E-state index in [-0.39, 0.29) is 17.7 Å². The molecule has 0 aliphatic carbocycles. The van der Waals surface area contributed by atoms with Gasteiger partial charge >= 0.3 is 0 Å². The number of nitrogens with two attached hydrogens (primary N) is 1. The van der Waals surface area contributed by atoms with Gasteiger partial charge in [0.15, 0.2) is 0 Å².